The van der Waals surface area contributed by atoms with Crippen LogP contribution in [0.5, 0.6) is 0 Å². The van der Waals surface area contributed by atoms with Crippen LogP contribution < -0.4 is 0 Å². The third kappa shape index (κ3) is 2.29. The van der Waals surface area contributed by atoms with Crippen LogP contribution in [0, 0.1) is 6.92 Å². The van der Waals surface area contributed by atoms with Gasteiger partial charge in [0.05, 0.1) is 0 Å². The summed E-state index contributed by atoms with van der Waals surface area (Å²) in [6, 6.07) is 1.83. The van der Waals surface area contributed by atoms with E-state index in [9.17, 15) is 8.42 Å². The highest BCUT2D eigenvalue weighted by atomic mass is 35.7. The number of halogens is 1. The van der Waals surface area contributed by atoms with E-state index in [1.165, 1.54) is 11.6 Å². The SMILES string of the molecule is Cc1cncc(-c2nnc(S(=O)(=O)Cl)n2C)c1. The van der Waals surface area contributed by atoms with E-state index < -0.39 is 9.05 Å². The number of rotatable bonds is 2. The first-order chi connectivity index (χ1) is 7.89. The average Bonchev–Trinajstić information content (AvgIpc) is 2.59. The fourth-order valence-electron chi connectivity index (χ4n) is 1.46. The van der Waals surface area contributed by atoms with Gasteiger partial charge in [0.2, 0.25) is 0 Å². The highest BCUT2D eigenvalue weighted by Crippen LogP contribution is 2.20. The number of nitrogens with zero attached hydrogens (tertiary/aromatic N) is 4. The van der Waals surface area contributed by atoms with E-state index in [2.05, 4.69) is 15.2 Å². The van der Waals surface area contributed by atoms with Gasteiger partial charge in [-0.3, -0.25) is 9.55 Å². The van der Waals surface area contributed by atoms with E-state index in [-0.39, 0.29) is 5.16 Å². The zero-order valence-corrected chi connectivity index (χ0v) is 10.7. The van der Waals surface area contributed by atoms with E-state index >= 15 is 0 Å². The second-order valence-electron chi connectivity index (χ2n) is 3.55. The van der Waals surface area contributed by atoms with Crippen molar-refractivity contribution < 1.29 is 8.42 Å². The Morgan fingerprint density at radius 2 is 2.00 bits per heavy atom. The lowest BCUT2D eigenvalue weighted by molar-refractivity contribution is 0.593. The summed E-state index contributed by atoms with van der Waals surface area (Å²) in [5.74, 6) is 0.403. The Morgan fingerprint density at radius 1 is 1.29 bits per heavy atom. The fourth-order valence-corrected chi connectivity index (χ4v) is 2.41. The van der Waals surface area contributed by atoms with Crippen molar-refractivity contribution in [1.82, 2.24) is 19.7 Å². The molecule has 2 aromatic heterocycles. The standard InChI is InChI=1S/C9H9ClN4O2S/c1-6-3-7(5-11-4-6)8-12-13-9(14(8)2)17(10,15)16/h3-5H,1-2H3. The quantitative estimate of drug-likeness (QED) is 0.766. The Morgan fingerprint density at radius 3 is 2.53 bits per heavy atom. The largest absolute Gasteiger partial charge is 0.300 e. The van der Waals surface area contributed by atoms with Gasteiger partial charge in [0.25, 0.3) is 14.2 Å². The van der Waals surface area contributed by atoms with Crippen LogP contribution in [0.2, 0.25) is 0 Å². The van der Waals surface area contributed by atoms with Crippen LogP contribution in [0.3, 0.4) is 0 Å². The smallest absolute Gasteiger partial charge is 0.296 e. The maximum absolute atomic E-state index is 11.2. The van der Waals surface area contributed by atoms with Crippen molar-refractivity contribution in [3.8, 4) is 11.4 Å². The van der Waals surface area contributed by atoms with Crippen LogP contribution in [0.1, 0.15) is 5.56 Å². The third-order valence-electron chi connectivity index (χ3n) is 2.19. The molecule has 0 bridgehead atoms. The summed E-state index contributed by atoms with van der Waals surface area (Å²) >= 11 is 0. The van der Waals surface area contributed by atoms with Gasteiger partial charge in [0.1, 0.15) is 0 Å². The van der Waals surface area contributed by atoms with Crippen LogP contribution in [-0.4, -0.2) is 28.2 Å². The zero-order chi connectivity index (χ0) is 12.6. The predicted molar refractivity (Wildman–Crippen MR) is 62.0 cm³/mol. The molecular formula is C9H9ClN4O2S. The summed E-state index contributed by atoms with van der Waals surface area (Å²) in [6.45, 7) is 1.88. The van der Waals surface area contributed by atoms with E-state index in [0.29, 0.717) is 11.4 Å². The highest BCUT2D eigenvalue weighted by Gasteiger charge is 2.20. The summed E-state index contributed by atoms with van der Waals surface area (Å²) in [6.07, 6.45) is 3.28. The molecule has 0 atom stereocenters. The minimum absolute atomic E-state index is 0.282. The first-order valence-corrected chi connectivity index (χ1v) is 6.96. The van der Waals surface area contributed by atoms with Crippen molar-refractivity contribution in [2.75, 3.05) is 0 Å². The van der Waals surface area contributed by atoms with Crippen LogP contribution in [0.4, 0.5) is 0 Å². The minimum atomic E-state index is -3.89. The molecule has 6 nitrogen and oxygen atoms in total. The van der Waals surface area contributed by atoms with Crippen LogP contribution in [0.25, 0.3) is 11.4 Å². The number of hydrogen-bond donors (Lipinski definition) is 0. The molecule has 2 rings (SSSR count). The summed E-state index contributed by atoms with van der Waals surface area (Å²) in [5.41, 5.74) is 1.63. The maximum Gasteiger partial charge on any atom is 0.296 e. The first-order valence-electron chi connectivity index (χ1n) is 4.65. The molecule has 0 radical (unpaired) electrons. The molecule has 0 aliphatic heterocycles. The Bertz CT molecular complexity index is 665. The molecule has 0 amide bonds. The topological polar surface area (TPSA) is 77.7 Å². The fraction of sp³-hybridized carbons (Fsp3) is 0.222. The molecule has 0 spiro atoms. The Hall–Kier alpha value is -1.47. The Balaban J connectivity index is 2.60. The molecule has 0 saturated heterocycles. The molecule has 0 aliphatic carbocycles. The number of aryl methyl sites for hydroxylation is 1. The minimum Gasteiger partial charge on any atom is -0.300 e. The second kappa shape index (κ2) is 4.08. The van der Waals surface area contributed by atoms with E-state index in [4.69, 9.17) is 10.7 Å². The van der Waals surface area contributed by atoms with Gasteiger partial charge in [0.15, 0.2) is 5.82 Å². The van der Waals surface area contributed by atoms with E-state index in [1.807, 2.05) is 13.0 Å². The number of hydrogen-bond acceptors (Lipinski definition) is 5. The maximum atomic E-state index is 11.2. The first kappa shape index (κ1) is 12.0. The highest BCUT2D eigenvalue weighted by molar-refractivity contribution is 8.13. The second-order valence-corrected chi connectivity index (χ2v) is 6.01. The van der Waals surface area contributed by atoms with Crippen molar-refractivity contribution in [1.29, 1.82) is 0 Å². The molecule has 17 heavy (non-hydrogen) atoms. The molecular weight excluding hydrogens is 264 g/mol. The Kier molecular flexibility index (Phi) is 2.88. The monoisotopic (exact) mass is 272 g/mol. The van der Waals surface area contributed by atoms with Crippen LogP contribution in [0.15, 0.2) is 23.6 Å². The number of aromatic nitrogens is 4. The van der Waals surface area contributed by atoms with Gasteiger partial charge >= 0.3 is 0 Å². The molecule has 0 aromatic carbocycles. The third-order valence-corrected chi connectivity index (χ3v) is 3.39. The van der Waals surface area contributed by atoms with Gasteiger partial charge in [-0.25, -0.2) is 8.42 Å². The molecule has 0 unspecified atom stereocenters. The molecule has 0 aliphatic rings. The summed E-state index contributed by atoms with van der Waals surface area (Å²) in [4.78, 5) is 4.01. The van der Waals surface area contributed by atoms with Gasteiger partial charge in [-0.2, -0.15) is 0 Å². The summed E-state index contributed by atoms with van der Waals surface area (Å²) in [5, 5.41) is 7.08. The van der Waals surface area contributed by atoms with Crippen molar-refractivity contribution in [3.05, 3.63) is 24.0 Å². The van der Waals surface area contributed by atoms with Crippen molar-refractivity contribution in [2.24, 2.45) is 7.05 Å². The molecule has 8 heteroatoms. The van der Waals surface area contributed by atoms with Gasteiger partial charge in [-0.15, -0.1) is 10.2 Å². The van der Waals surface area contributed by atoms with E-state index in [1.54, 1.807) is 12.4 Å². The lowest BCUT2D eigenvalue weighted by atomic mass is 10.2. The van der Waals surface area contributed by atoms with Crippen LogP contribution in [-0.2, 0) is 16.1 Å². The molecule has 0 fully saturated rings. The Labute approximate surface area is 103 Å². The lowest BCUT2D eigenvalue weighted by Gasteiger charge is -2.02. The van der Waals surface area contributed by atoms with Gasteiger partial charge in [0, 0.05) is 35.7 Å². The lowest BCUT2D eigenvalue weighted by Crippen LogP contribution is -2.03. The molecule has 2 aromatic rings. The normalized spacial score (nSPS) is 11.7. The average molecular weight is 273 g/mol. The summed E-state index contributed by atoms with van der Waals surface area (Å²) in [7, 11) is 2.87. The zero-order valence-electron chi connectivity index (χ0n) is 9.12. The van der Waals surface area contributed by atoms with Crippen molar-refractivity contribution in [2.45, 2.75) is 12.1 Å². The molecule has 2 heterocycles. The molecule has 0 saturated carbocycles. The van der Waals surface area contributed by atoms with Crippen molar-refractivity contribution >= 4 is 19.7 Å². The van der Waals surface area contributed by atoms with Gasteiger partial charge in [-0.1, -0.05) is 0 Å². The molecule has 0 N–H and O–H groups in total. The van der Waals surface area contributed by atoms with Gasteiger partial charge < -0.3 is 0 Å². The summed E-state index contributed by atoms with van der Waals surface area (Å²) < 4.78 is 23.7. The number of pyridine rings is 1. The van der Waals surface area contributed by atoms with Crippen molar-refractivity contribution in [3.63, 3.8) is 0 Å². The van der Waals surface area contributed by atoms with Crippen LogP contribution >= 0.6 is 10.7 Å². The predicted octanol–water partition coefficient (Wildman–Crippen LogP) is 1.11. The molecule has 90 valence electrons. The van der Waals surface area contributed by atoms with E-state index in [0.717, 1.165) is 5.56 Å². The van der Waals surface area contributed by atoms with Gasteiger partial charge in [-0.05, 0) is 18.6 Å².